The molecular weight excluding hydrogens is 203 g/mol. The van der Waals surface area contributed by atoms with Gasteiger partial charge in [0.2, 0.25) is 0 Å². The molecule has 0 bridgehead atoms. The van der Waals surface area contributed by atoms with Crippen LogP contribution in [0.2, 0.25) is 5.02 Å². The number of aryl methyl sites for hydroxylation is 1. The lowest BCUT2D eigenvalue weighted by atomic mass is 10.1. The smallest absolute Gasteiger partial charge is 0.142 e. The number of hydrogen-bond acceptors (Lipinski definition) is 1. The fourth-order valence-corrected chi connectivity index (χ4v) is 1.81. The molecule has 74 valence electrons. The van der Waals surface area contributed by atoms with Crippen molar-refractivity contribution in [2.45, 2.75) is 13.5 Å². The van der Waals surface area contributed by atoms with Crippen molar-refractivity contribution in [3.05, 3.63) is 34.2 Å². The van der Waals surface area contributed by atoms with Crippen molar-refractivity contribution >= 4 is 22.5 Å². The first-order chi connectivity index (χ1) is 6.63. The van der Waals surface area contributed by atoms with E-state index in [1.165, 1.54) is 6.07 Å². The molecule has 0 radical (unpaired) electrons. The van der Waals surface area contributed by atoms with Crippen molar-refractivity contribution in [3.63, 3.8) is 0 Å². The van der Waals surface area contributed by atoms with Crippen LogP contribution in [0.25, 0.3) is 10.9 Å². The van der Waals surface area contributed by atoms with Crippen LogP contribution in [0.1, 0.15) is 11.3 Å². The number of aromatic amines is 1. The zero-order chi connectivity index (χ0) is 10.3. The summed E-state index contributed by atoms with van der Waals surface area (Å²) in [5.41, 5.74) is 8.30. The molecule has 0 fully saturated rings. The second-order valence-corrected chi connectivity index (χ2v) is 3.65. The first-order valence-electron chi connectivity index (χ1n) is 4.29. The Morgan fingerprint density at radius 3 is 2.86 bits per heavy atom. The number of halogens is 2. The van der Waals surface area contributed by atoms with E-state index in [9.17, 15) is 4.39 Å². The van der Waals surface area contributed by atoms with Crippen molar-refractivity contribution in [2.24, 2.45) is 5.73 Å². The van der Waals surface area contributed by atoms with Crippen molar-refractivity contribution in [1.29, 1.82) is 0 Å². The number of fused-ring (bicyclic) bond motifs is 1. The van der Waals surface area contributed by atoms with Gasteiger partial charge in [0.1, 0.15) is 5.82 Å². The van der Waals surface area contributed by atoms with Crippen molar-refractivity contribution < 1.29 is 4.39 Å². The summed E-state index contributed by atoms with van der Waals surface area (Å²) in [6.07, 6.45) is 0. The lowest BCUT2D eigenvalue weighted by molar-refractivity contribution is 0.630. The van der Waals surface area contributed by atoms with Crippen molar-refractivity contribution in [1.82, 2.24) is 4.98 Å². The molecule has 0 aliphatic rings. The molecule has 2 nitrogen and oxygen atoms in total. The lowest BCUT2D eigenvalue weighted by Gasteiger charge is -1.97. The second kappa shape index (κ2) is 3.26. The van der Waals surface area contributed by atoms with Crippen LogP contribution in [0.4, 0.5) is 4.39 Å². The molecule has 0 saturated heterocycles. The van der Waals surface area contributed by atoms with E-state index in [1.54, 1.807) is 6.07 Å². The van der Waals surface area contributed by atoms with Crippen molar-refractivity contribution in [3.8, 4) is 0 Å². The number of hydrogen-bond donors (Lipinski definition) is 2. The molecule has 0 spiro atoms. The van der Waals surface area contributed by atoms with E-state index >= 15 is 0 Å². The fraction of sp³-hybridized carbons (Fsp3) is 0.200. The summed E-state index contributed by atoms with van der Waals surface area (Å²) in [6.45, 7) is 2.31. The van der Waals surface area contributed by atoms with E-state index in [2.05, 4.69) is 4.98 Å². The molecule has 0 aliphatic carbocycles. The van der Waals surface area contributed by atoms with Gasteiger partial charge in [-0.05, 0) is 24.6 Å². The van der Waals surface area contributed by atoms with Gasteiger partial charge in [0, 0.05) is 23.1 Å². The Kier molecular flexibility index (Phi) is 2.21. The largest absolute Gasteiger partial charge is 0.358 e. The van der Waals surface area contributed by atoms with E-state index in [1.807, 2.05) is 6.92 Å². The van der Waals surface area contributed by atoms with Crippen molar-refractivity contribution in [2.75, 3.05) is 0 Å². The van der Waals surface area contributed by atoms with Crippen LogP contribution in [-0.2, 0) is 6.54 Å². The number of nitrogens with one attached hydrogen (secondary N) is 1. The summed E-state index contributed by atoms with van der Waals surface area (Å²) < 4.78 is 13.2. The first kappa shape index (κ1) is 9.49. The minimum atomic E-state index is -0.409. The van der Waals surface area contributed by atoms with Gasteiger partial charge in [-0.15, -0.1) is 0 Å². The van der Waals surface area contributed by atoms with Crippen LogP contribution in [-0.4, -0.2) is 4.98 Å². The Labute approximate surface area is 85.9 Å². The number of benzene rings is 1. The second-order valence-electron chi connectivity index (χ2n) is 3.24. The number of aromatic nitrogens is 1. The molecule has 3 N–H and O–H groups in total. The van der Waals surface area contributed by atoms with Gasteiger partial charge in [-0.25, -0.2) is 4.39 Å². The monoisotopic (exact) mass is 212 g/mol. The highest BCUT2D eigenvalue weighted by molar-refractivity contribution is 6.31. The molecule has 14 heavy (non-hydrogen) atoms. The summed E-state index contributed by atoms with van der Waals surface area (Å²) >= 11 is 5.67. The Hall–Kier alpha value is -1.06. The van der Waals surface area contributed by atoms with Crippen LogP contribution in [0.15, 0.2) is 12.1 Å². The predicted octanol–water partition coefficient (Wildman–Crippen LogP) is 2.73. The van der Waals surface area contributed by atoms with Crippen LogP contribution >= 0.6 is 11.6 Å². The third-order valence-corrected chi connectivity index (χ3v) is 2.65. The number of nitrogens with two attached hydrogens (primary N) is 1. The lowest BCUT2D eigenvalue weighted by Crippen LogP contribution is -1.96. The van der Waals surface area contributed by atoms with Gasteiger partial charge >= 0.3 is 0 Å². The quantitative estimate of drug-likeness (QED) is 0.750. The Bertz CT molecular complexity index is 490. The zero-order valence-electron chi connectivity index (χ0n) is 7.70. The molecule has 0 aliphatic heterocycles. The van der Waals surface area contributed by atoms with Crippen LogP contribution in [0.3, 0.4) is 0 Å². The molecule has 0 amide bonds. The Balaban J connectivity index is 2.82. The van der Waals surface area contributed by atoms with E-state index in [-0.39, 0.29) is 5.02 Å². The number of H-pyrrole nitrogens is 1. The third-order valence-electron chi connectivity index (χ3n) is 2.36. The van der Waals surface area contributed by atoms with Crippen LogP contribution in [0.5, 0.6) is 0 Å². The highest BCUT2D eigenvalue weighted by Gasteiger charge is 2.09. The Morgan fingerprint density at radius 1 is 1.50 bits per heavy atom. The van der Waals surface area contributed by atoms with Gasteiger partial charge in [-0.3, -0.25) is 0 Å². The summed E-state index contributed by atoms with van der Waals surface area (Å²) in [4.78, 5) is 3.11. The fourth-order valence-electron chi connectivity index (χ4n) is 1.64. The van der Waals surface area contributed by atoms with Gasteiger partial charge in [0.05, 0.1) is 5.02 Å². The van der Waals surface area contributed by atoms with Gasteiger partial charge in [-0.2, -0.15) is 0 Å². The first-order valence-corrected chi connectivity index (χ1v) is 4.67. The zero-order valence-corrected chi connectivity index (χ0v) is 8.45. The molecule has 2 aromatic rings. The summed E-state index contributed by atoms with van der Waals surface area (Å²) in [6, 6.07) is 3.00. The summed E-state index contributed by atoms with van der Waals surface area (Å²) in [5, 5.41) is 0.939. The molecule has 1 aromatic heterocycles. The average Bonchev–Trinajstić information content (AvgIpc) is 2.42. The maximum Gasteiger partial charge on any atom is 0.142 e. The molecular formula is C10H10ClFN2. The molecule has 0 unspecified atom stereocenters. The van der Waals surface area contributed by atoms with Gasteiger partial charge in [-0.1, -0.05) is 11.6 Å². The standard InChI is InChI=1S/C10H10ClFN2/c1-5-7(4-13)6-2-9(12)8(11)3-10(6)14-5/h2-3,14H,4,13H2,1H3. The normalized spacial score (nSPS) is 11.1. The third kappa shape index (κ3) is 1.29. The molecule has 1 heterocycles. The summed E-state index contributed by atoms with van der Waals surface area (Å²) in [7, 11) is 0. The SMILES string of the molecule is Cc1[nH]c2cc(Cl)c(F)cc2c1CN. The minimum Gasteiger partial charge on any atom is -0.358 e. The van der Waals surface area contributed by atoms with Crippen LogP contribution < -0.4 is 5.73 Å². The highest BCUT2D eigenvalue weighted by atomic mass is 35.5. The predicted molar refractivity (Wildman–Crippen MR) is 55.9 cm³/mol. The Morgan fingerprint density at radius 2 is 2.21 bits per heavy atom. The van der Waals surface area contributed by atoms with E-state index in [4.69, 9.17) is 17.3 Å². The van der Waals surface area contributed by atoms with E-state index in [0.29, 0.717) is 6.54 Å². The molecule has 4 heteroatoms. The maximum absolute atomic E-state index is 13.2. The molecule has 0 saturated carbocycles. The molecule has 2 rings (SSSR count). The van der Waals surface area contributed by atoms with Gasteiger partial charge in [0.25, 0.3) is 0 Å². The summed E-state index contributed by atoms with van der Waals surface area (Å²) in [5.74, 6) is -0.409. The topological polar surface area (TPSA) is 41.8 Å². The molecule has 1 aromatic carbocycles. The van der Waals surface area contributed by atoms with Crippen LogP contribution in [0, 0.1) is 12.7 Å². The van der Waals surface area contributed by atoms with Gasteiger partial charge in [0.15, 0.2) is 0 Å². The molecule has 0 atom stereocenters. The van der Waals surface area contributed by atoms with E-state index < -0.39 is 5.82 Å². The minimum absolute atomic E-state index is 0.127. The maximum atomic E-state index is 13.2. The van der Waals surface area contributed by atoms with E-state index in [0.717, 1.165) is 22.2 Å². The highest BCUT2D eigenvalue weighted by Crippen LogP contribution is 2.26. The van der Waals surface area contributed by atoms with Gasteiger partial charge < -0.3 is 10.7 Å². The number of rotatable bonds is 1. The average molecular weight is 213 g/mol.